The van der Waals surface area contributed by atoms with E-state index >= 15 is 0 Å². The molecular weight excluding hydrogens is 268 g/mol. The average Bonchev–Trinajstić information content (AvgIpc) is 2.76. The molecule has 0 atom stereocenters. The van der Waals surface area contributed by atoms with Crippen LogP contribution in [0, 0.1) is 0 Å². The van der Waals surface area contributed by atoms with Crippen LogP contribution in [0.25, 0.3) is 11.0 Å². The van der Waals surface area contributed by atoms with Crippen LogP contribution in [0.2, 0.25) is 5.28 Å². The van der Waals surface area contributed by atoms with Gasteiger partial charge in [-0.05, 0) is 40.8 Å². The van der Waals surface area contributed by atoms with Crippen molar-refractivity contribution in [3.8, 4) is 0 Å². The molecule has 0 saturated carbocycles. The Labute approximate surface area is 124 Å². The topological polar surface area (TPSA) is 17.8 Å². The summed E-state index contributed by atoms with van der Waals surface area (Å²) in [6, 6.07) is 16.7. The molecule has 2 aromatic carbocycles. The van der Waals surface area contributed by atoms with Gasteiger partial charge in [0.2, 0.25) is 5.28 Å². The third-order valence-electron chi connectivity index (χ3n) is 3.60. The van der Waals surface area contributed by atoms with E-state index in [4.69, 9.17) is 11.6 Å². The molecule has 102 valence electrons. The molecule has 0 fully saturated rings. The lowest BCUT2D eigenvalue weighted by Crippen LogP contribution is -2.00. The summed E-state index contributed by atoms with van der Waals surface area (Å²) in [4.78, 5) is 4.38. The molecule has 3 aromatic rings. The van der Waals surface area contributed by atoms with Crippen LogP contribution in [0.15, 0.2) is 48.5 Å². The van der Waals surface area contributed by atoms with Crippen LogP contribution >= 0.6 is 11.6 Å². The zero-order chi connectivity index (χ0) is 14.1. The van der Waals surface area contributed by atoms with Crippen LogP contribution in [0.4, 0.5) is 0 Å². The molecule has 0 spiro atoms. The Morgan fingerprint density at radius 3 is 2.45 bits per heavy atom. The fourth-order valence-corrected chi connectivity index (χ4v) is 2.63. The molecule has 0 aliphatic heterocycles. The number of hydrogen-bond donors (Lipinski definition) is 0. The van der Waals surface area contributed by atoms with Crippen LogP contribution in [-0.4, -0.2) is 9.55 Å². The molecular formula is C17H17ClN2. The summed E-state index contributed by atoms with van der Waals surface area (Å²) in [5.74, 6) is 0.557. The number of imidazole rings is 1. The monoisotopic (exact) mass is 284 g/mol. The van der Waals surface area contributed by atoms with Gasteiger partial charge in [0.15, 0.2) is 0 Å². The number of rotatable bonds is 3. The van der Waals surface area contributed by atoms with Gasteiger partial charge in [-0.3, -0.25) is 0 Å². The molecule has 0 saturated heterocycles. The molecule has 20 heavy (non-hydrogen) atoms. The van der Waals surface area contributed by atoms with E-state index in [0.717, 1.165) is 17.6 Å². The van der Waals surface area contributed by atoms with Crippen molar-refractivity contribution in [2.45, 2.75) is 26.3 Å². The number of nitrogens with zero attached hydrogens (tertiary/aromatic N) is 2. The smallest absolute Gasteiger partial charge is 0.204 e. The predicted molar refractivity (Wildman–Crippen MR) is 84.4 cm³/mol. The minimum absolute atomic E-state index is 0.541. The minimum Gasteiger partial charge on any atom is -0.310 e. The van der Waals surface area contributed by atoms with Gasteiger partial charge in [-0.25, -0.2) is 4.98 Å². The van der Waals surface area contributed by atoms with Crippen molar-refractivity contribution in [3.05, 3.63) is 64.9 Å². The van der Waals surface area contributed by atoms with Crippen molar-refractivity contribution >= 4 is 22.6 Å². The SMILES string of the molecule is CC(C)c1ccc(Cn2c(Cl)nc3ccccc32)cc1. The van der Waals surface area contributed by atoms with Crippen molar-refractivity contribution in [1.82, 2.24) is 9.55 Å². The van der Waals surface area contributed by atoms with Crippen LogP contribution in [0.3, 0.4) is 0 Å². The van der Waals surface area contributed by atoms with E-state index in [0.29, 0.717) is 11.2 Å². The van der Waals surface area contributed by atoms with Gasteiger partial charge in [0.1, 0.15) is 0 Å². The van der Waals surface area contributed by atoms with E-state index in [9.17, 15) is 0 Å². The molecule has 0 aliphatic rings. The lowest BCUT2D eigenvalue weighted by molar-refractivity contribution is 0.819. The summed E-state index contributed by atoms with van der Waals surface area (Å²) in [5, 5.41) is 0.541. The fourth-order valence-electron chi connectivity index (χ4n) is 2.39. The Morgan fingerprint density at radius 2 is 1.75 bits per heavy atom. The molecule has 3 heteroatoms. The summed E-state index contributed by atoms with van der Waals surface area (Å²) < 4.78 is 2.04. The normalized spacial score (nSPS) is 11.4. The summed E-state index contributed by atoms with van der Waals surface area (Å²) >= 11 is 6.25. The maximum atomic E-state index is 6.25. The van der Waals surface area contributed by atoms with E-state index < -0.39 is 0 Å². The van der Waals surface area contributed by atoms with E-state index in [1.54, 1.807) is 0 Å². The third kappa shape index (κ3) is 2.44. The number of benzene rings is 2. The average molecular weight is 285 g/mol. The second-order valence-electron chi connectivity index (χ2n) is 5.35. The highest BCUT2D eigenvalue weighted by Crippen LogP contribution is 2.22. The molecule has 0 radical (unpaired) electrons. The quantitative estimate of drug-likeness (QED) is 0.671. The Kier molecular flexibility index (Phi) is 3.49. The molecule has 1 aromatic heterocycles. The van der Waals surface area contributed by atoms with Gasteiger partial charge >= 0.3 is 0 Å². The van der Waals surface area contributed by atoms with Gasteiger partial charge in [0.05, 0.1) is 17.6 Å². The van der Waals surface area contributed by atoms with Crippen LogP contribution in [0.5, 0.6) is 0 Å². The number of halogens is 1. The molecule has 2 nitrogen and oxygen atoms in total. The number of para-hydroxylation sites is 2. The zero-order valence-electron chi connectivity index (χ0n) is 11.7. The highest BCUT2D eigenvalue weighted by molar-refractivity contribution is 6.29. The Morgan fingerprint density at radius 1 is 1.05 bits per heavy atom. The Hall–Kier alpha value is -1.80. The Balaban J connectivity index is 1.94. The summed E-state index contributed by atoms with van der Waals surface area (Å²) in [7, 11) is 0. The van der Waals surface area contributed by atoms with E-state index in [1.807, 2.05) is 22.8 Å². The second kappa shape index (κ2) is 5.29. The highest BCUT2D eigenvalue weighted by Gasteiger charge is 2.08. The van der Waals surface area contributed by atoms with Crippen LogP contribution < -0.4 is 0 Å². The number of fused-ring (bicyclic) bond motifs is 1. The van der Waals surface area contributed by atoms with Gasteiger partial charge in [-0.2, -0.15) is 0 Å². The second-order valence-corrected chi connectivity index (χ2v) is 5.69. The van der Waals surface area contributed by atoms with Gasteiger partial charge in [-0.1, -0.05) is 50.2 Å². The minimum atomic E-state index is 0.541. The van der Waals surface area contributed by atoms with Crippen molar-refractivity contribution in [2.75, 3.05) is 0 Å². The van der Waals surface area contributed by atoms with Gasteiger partial charge in [0.25, 0.3) is 0 Å². The highest BCUT2D eigenvalue weighted by atomic mass is 35.5. The number of hydrogen-bond acceptors (Lipinski definition) is 1. The maximum absolute atomic E-state index is 6.25. The summed E-state index contributed by atoms with van der Waals surface area (Å²) in [5.41, 5.74) is 4.61. The summed E-state index contributed by atoms with van der Waals surface area (Å²) in [6.45, 7) is 5.15. The Bertz CT molecular complexity index is 726. The van der Waals surface area contributed by atoms with Crippen molar-refractivity contribution in [1.29, 1.82) is 0 Å². The summed E-state index contributed by atoms with van der Waals surface area (Å²) in [6.07, 6.45) is 0. The van der Waals surface area contributed by atoms with Crippen molar-refractivity contribution in [3.63, 3.8) is 0 Å². The molecule has 1 heterocycles. The van der Waals surface area contributed by atoms with Gasteiger partial charge in [0, 0.05) is 0 Å². The lowest BCUT2D eigenvalue weighted by atomic mass is 10.0. The first-order valence-electron chi connectivity index (χ1n) is 6.85. The van der Waals surface area contributed by atoms with Crippen LogP contribution in [-0.2, 0) is 6.54 Å². The van der Waals surface area contributed by atoms with Crippen LogP contribution in [0.1, 0.15) is 30.9 Å². The van der Waals surface area contributed by atoms with E-state index in [2.05, 4.69) is 49.2 Å². The molecule has 0 amide bonds. The standard InChI is InChI=1S/C17H17ClN2/c1-12(2)14-9-7-13(8-10-14)11-20-16-6-4-3-5-15(16)19-17(20)18/h3-10,12H,11H2,1-2H3. The lowest BCUT2D eigenvalue weighted by Gasteiger charge is -2.09. The molecule has 0 aliphatic carbocycles. The van der Waals surface area contributed by atoms with Crippen molar-refractivity contribution in [2.24, 2.45) is 0 Å². The third-order valence-corrected chi connectivity index (χ3v) is 3.88. The van der Waals surface area contributed by atoms with Crippen molar-refractivity contribution < 1.29 is 0 Å². The first-order chi connectivity index (χ1) is 9.65. The van der Waals surface area contributed by atoms with E-state index in [-0.39, 0.29) is 0 Å². The predicted octanol–water partition coefficient (Wildman–Crippen LogP) is 4.86. The molecule has 0 N–H and O–H groups in total. The van der Waals surface area contributed by atoms with E-state index in [1.165, 1.54) is 11.1 Å². The number of aromatic nitrogens is 2. The molecule has 0 bridgehead atoms. The maximum Gasteiger partial charge on any atom is 0.204 e. The molecule has 3 rings (SSSR count). The largest absolute Gasteiger partial charge is 0.310 e. The zero-order valence-corrected chi connectivity index (χ0v) is 12.4. The first kappa shape index (κ1) is 13.2. The first-order valence-corrected chi connectivity index (χ1v) is 7.22. The van der Waals surface area contributed by atoms with Gasteiger partial charge in [-0.15, -0.1) is 0 Å². The van der Waals surface area contributed by atoms with Gasteiger partial charge < -0.3 is 4.57 Å². The molecule has 0 unspecified atom stereocenters. The fraction of sp³-hybridized carbons (Fsp3) is 0.235.